The van der Waals surface area contributed by atoms with Gasteiger partial charge in [-0.15, -0.1) is 0 Å². The number of nitrogens with zero attached hydrogens (tertiary/aromatic N) is 2. The van der Waals surface area contributed by atoms with Crippen molar-refractivity contribution >= 4 is 15.9 Å². The van der Waals surface area contributed by atoms with Gasteiger partial charge in [0.25, 0.3) is 0 Å². The number of nitrogens with one attached hydrogen (secondary N) is 1. The second-order valence-corrected chi connectivity index (χ2v) is 6.22. The lowest BCUT2D eigenvalue weighted by atomic mass is 9.92. The summed E-state index contributed by atoms with van der Waals surface area (Å²) in [7, 11) is 2.05. The third kappa shape index (κ3) is 2.91. The molecule has 0 bridgehead atoms. The number of aromatic nitrogens is 2. The zero-order valence-electron chi connectivity index (χ0n) is 10.9. The molecule has 1 fully saturated rings. The molecule has 1 saturated carbocycles. The Morgan fingerprint density at radius 1 is 1.53 bits per heavy atom. The van der Waals surface area contributed by atoms with Crippen molar-refractivity contribution in [3.63, 3.8) is 0 Å². The number of halogens is 1. The van der Waals surface area contributed by atoms with Gasteiger partial charge in [-0.1, -0.05) is 20.3 Å². The standard InChI is InChI=1S/C13H22BrN3/c1-9(2)15-7-10-5-4-6-11(10)13-12(14)8-16-17(13)3/h8-11,15H,4-7H2,1-3H3. The van der Waals surface area contributed by atoms with E-state index >= 15 is 0 Å². The third-order valence-electron chi connectivity index (χ3n) is 3.74. The van der Waals surface area contributed by atoms with Crippen LogP contribution >= 0.6 is 15.9 Å². The highest BCUT2D eigenvalue weighted by atomic mass is 79.9. The molecule has 17 heavy (non-hydrogen) atoms. The van der Waals surface area contributed by atoms with Crippen LogP contribution in [-0.2, 0) is 7.05 Å². The van der Waals surface area contributed by atoms with Gasteiger partial charge in [0.05, 0.1) is 16.4 Å². The number of hydrogen-bond acceptors (Lipinski definition) is 2. The molecular formula is C13H22BrN3. The predicted octanol–water partition coefficient (Wildman–Crippen LogP) is 3.06. The van der Waals surface area contributed by atoms with Gasteiger partial charge in [0.2, 0.25) is 0 Å². The predicted molar refractivity (Wildman–Crippen MR) is 74.1 cm³/mol. The third-order valence-corrected chi connectivity index (χ3v) is 4.35. The topological polar surface area (TPSA) is 29.9 Å². The average molecular weight is 300 g/mol. The maximum absolute atomic E-state index is 4.34. The molecule has 4 heteroatoms. The maximum atomic E-state index is 4.34. The second kappa shape index (κ2) is 5.53. The van der Waals surface area contributed by atoms with Crippen LogP contribution in [0.2, 0.25) is 0 Å². The van der Waals surface area contributed by atoms with Gasteiger partial charge in [0.15, 0.2) is 0 Å². The summed E-state index contributed by atoms with van der Waals surface area (Å²) in [6, 6.07) is 0.575. The van der Waals surface area contributed by atoms with E-state index in [1.54, 1.807) is 0 Å². The fourth-order valence-electron chi connectivity index (χ4n) is 2.87. The van der Waals surface area contributed by atoms with Crippen molar-refractivity contribution in [3.05, 3.63) is 16.4 Å². The van der Waals surface area contributed by atoms with Crippen molar-refractivity contribution in [1.29, 1.82) is 0 Å². The highest BCUT2D eigenvalue weighted by molar-refractivity contribution is 9.10. The lowest BCUT2D eigenvalue weighted by molar-refractivity contribution is 0.409. The number of hydrogen-bond donors (Lipinski definition) is 1. The molecule has 1 aliphatic rings. The summed E-state index contributed by atoms with van der Waals surface area (Å²) in [5, 5.41) is 7.91. The molecule has 1 aliphatic carbocycles. The second-order valence-electron chi connectivity index (χ2n) is 5.36. The van der Waals surface area contributed by atoms with Crippen molar-refractivity contribution in [3.8, 4) is 0 Å². The van der Waals surface area contributed by atoms with Crippen LogP contribution in [0.1, 0.15) is 44.7 Å². The van der Waals surface area contributed by atoms with E-state index in [2.05, 4.69) is 40.2 Å². The van der Waals surface area contributed by atoms with Crippen molar-refractivity contribution in [2.75, 3.05) is 6.54 Å². The Labute approximate surface area is 112 Å². The van der Waals surface area contributed by atoms with E-state index in [-0.39, 0.29) is 0 Å². The van der Waals surface area contributed by atoms with E-state index in [9.17, 15) is 0 Å². The summed E-state index contributed by atoms with van der Waals surface area (Å²) in [6.07, 6.45) is 5.89. The Kier molecular flexibility index (Phi) is 4.26. The minimum Gasteiger partial charge on any atom is -0.314 e. The van der Waals surface area contributed by atoms with Gasteiger partial charge < -0.3 is 5.32 Å². The minimum atomic E-state index is 0.575. The van der Waals surface area contributed by atoms with Crippen molar-refractivity contribution in [1.82, 2.24) is 15.1 Å². The fraction of sp³-hybridized carbons (Fsp3) is 0.769. The van der Waals surface area contributed by atoms with Gasteiger partial charge in [-0.05, 0) is 41.2 Å². The van der Waals surface area contributed by atoms with Gasteiger partial charge >= 0.3 is 0 Å². The molecule has 0 saturated heterocycles. The van der Waals surface area contributed by atoms with Crippen LogP contribution in [0.5, 0.6) is 0 Å². The molecule has 2 unspecified atom stereocenters. The number of rotatable bonds is 4. The molecule has 0 aromatic carbocycles. The van der Waals surface area contributed by atoms with Gasteiger partial charge in [-0.2, -0.15) is 5.10 Å². The lowest BCUT2D eigenvalue weighted by Gasteiger charge is -2.22. The Morgan fingerprint density at radius 3 is 2.88 bits per heavy atom. The first-order chi connectivity index (χ1) is 8.09. The van der Waals surface area contributed by atoms with Crippen LogP contribution in [0.3, 0.4) is 0 Å². The van der Waals surface area contributed by atoms with Crippen LogP contribution in [-0.4, -0.2) is 22.4 Å². The van der Waals surface area contributed by atoms with E-state index in [0.717, 1.165) is 12.5 Å². The molecule has 3 nitrogen and oxygen atoms in total. The first kappa shape index (κ1) is 13.1. The largest absolute Gasteiger partial charge is 0.314 e. The first-order valence-corrected chi connectivity index (χ1v) is 7.29. The Balaban J connectivity index is 2.09. The lowest BCUT2D eigenvalue weighted by Crippen LogP contribution is -2.30. The minimum absolute atomic E-state index is 0.575. The van der Waals surface area contributed by atoms with Crippen LogP contribution in [0.25, 0.3) is 0 Å². The van der Waals surface area contributed by atoms with Crippen LogP contribution in [0.4, 0.5) is 0 Å². The summed E-state index contributed by atoms with van der Waals surface area (Å²) < 4.78 is 3.20. The van der Waals surface area contributed by atoms with E-state index in [1.807, 2.05) is 17.9 Å². The molecule has 96 valence electrons. The van der Waals surface area contributed by atoms with Crippen molar-refractivity contribution < 1.29 is 0 Å². The highest BCUT2D eigenvalue weighted by Gasteiger charge is 2.31. The molecule has 0 amide bonds. The van der Waals surface area contributed by atoms with Gasteiger partial charge in [0.1, 0.15) is 0 Å². The van der Waals surface area contributed by atoms with E-state index < -0.39 is 0 Å². The molecule has 1 N–H and O–H groups in total. The molecule has 1 heterocycles. The molecule has 2 atom stereocenters. The molecule has 0 radical (unpaired) electrons. The summed E-state index contributed by atoms with van der Waals surface area (Å²) in [5.74, 6) is 1.41. The monoisotopic (exact) mass is 299 g/mol. The molecule has 2 rings (SSSR count). The van der Waals surface area contributed by atoms with E-state index in [0.29, 0.717) is 12.0 Å². The van der Waals surface area contributed by atoms with Gasteiger partial charge in [0, 0.05) is 19.0 Å². The van der Waals surface area contributed by atoms with Crippen LogP contribution in [0, 0.1) is 5.92 Å². The van der Waals surface area contributed by atoms with Gasteiger partial charge in [-0.25, -0.2) is 0 Å². The first-order valence-electron chi connectivity index (χ1n) is 6.50. The smallest absolute Gasteiger partial charge is 0.0635 e. The van der Waals surface area contributed by atoms with Crippen LogP contribution in [0.15, 0.2) is 10.7 Å². The zero-order valence-corrected chi connectivity index (χ0v) is 12.5. The quantitative estimate of drug-likeness (QED) is 0.926. The SMILES string of the molecule is CC(C)NCC1CCCC1c1c(Br)cnn1C. The molecule has 1 aromatic heterocycles. The van der Waals surface area contributed by atoms with Crippen molar-refractivity contribution in [2.24, 2.45) is 13.0 Å². The normalized spacial score (nSPS) is 24.8. The Hall–Kier alpha value is -0.350. The molecule has 0 spiro atoms. The maximum Gasteiger partial charge on any atom is 0.0635 e. The summed E-state index contributed by atoms with van der Waals surface area (Å²) in [6.45, 7) is 5.55. The molecular weight excluding hydrogens is 278 g/mol. The summed E-state index contributed by atoms with van der Waals surface area (Å²) >= 11 is 3.63. The summed E-state index contributed by atoms with van der Waals surface area (Å²) in [5.41, 5.74) is 1.37. The molecule has 0 aliphatic heterocycles. The average Bonchev–Trinajstić information content (AvgIpc) is 2.83. The van der Waals surface area contributed by atoms with Crippen LogP contribution < -0.4 is 5.32 Å². The van der Waals surface area contributed by atoms with E-state index in [1.165, 1.54) is 29.4 Å². The zero-order chi connectivity index (χ0) is 12.4. The Bertz CT molecular complexity index is 353. The number of aryl methyl sites for hydroxylation is 1. The molecule has 1 aromatic rings. The van der Waals surface area contributed by atoms with Crippen molar-refractivity contribution in [2.45, 2.75) is 45.1 Å². The highest BCUT2D eigenvalue weighted by Crippen LogP contribution is 2.41. The summed E-state index contributed by atoms with van der Waals surface area (Å²) in [4.78, 5) is 0. The van der Waals surface area contributed by atoms with Gasteiger partial charge in [-0.3, -0.25) is 4.68 Å². The Morgan fingerprint density at radius 2 is 2.29 bits per heavy atom. The van der Waals surface area contributed by atoms with E-state index in [4.69, 9.17) is 0 Å². The fourth-order valence-corrected chi connectivity index (χ4v) is 3.51.